The van der Waals surface area contributed by atoms with Crippen molar-refractivity contribution < 1.29 is 40.8 Å². The summed E-state index contributed by atoms with van der Waals surface area (Å²) in [6.07, 6.45) is -6.17. The average molecular weight is 548 g/mol. The average Bonchev–Trinajstić information content (AvgIpc) is 3.12. The fraction of sp³-hybridized carbons (Fsp3) is 0.480. The summed E-state index contributed by atoms with van der Waals surface area (Å²) >= 11 is 0. The Kier molecular flexibility index (Phi) is 8.01. The van der Waals surface area contributed by atoms with E-state index in [0.29, 0.717) is 17.2 Å². The molecule has 0 spiro atoms. The zero-order valence-electron chi connectivity index (χ0n) is 21.3. The molecule has 37 heavy (non-hydrogen) atoms. The number of rotatable bonds is 7. The number of ether oxygens (including phenoxy) is 2. The highest BCUT2D eigenvalue weighted by Crippen LogP contribution is 2.55. The molecule has 2 aromatic rings. The van der Waals surface area contributed by atoms with Gasteiger partial charge in [0.2, 0.25) is 5.82 Å². The van der Waals surface area contributed by atoms with E-state index in [0.717, 1.165) is 26.2 Å². The van der Waals surface area contributed by atoms with E-state index < -0.39 is 60.2 Å². The molecule has 1 aliphatic rings. The van der Waals surface area contributed by atoms with Crippen molar-refractivity contribution in [3.63, 3.8) is 0 Å². The van der Waals surface area contributed by atoms with Gasteiger partial charge in [0.1, 0.15) is 13.2 Å². The van der Waals surface area contributed by atoms with Gasteiger partial charge in [-0.15, -0.1) is 0 Å². The van der Waals surface area contributed by atoms with Crippen molar-refractivity contribution in [3.8, 4) is 5.75 Å². The van der Waals surface area contributed by atoms with Crippen LogP contribution in [-0.4, -0.2) is 50.8 Å². The van der Waals surface area contributed by atoms with Crippen molar-refractivity contribution in [2.45, 2.75) is 44.6 Å². The van der Waals surface area contributed by atoms with Gasteiger partial charge >= 0.3 is 6.18 Å². The topological polar surface area (TPSA) is 76.7 Å². The molecule has 2 N–H and O–H groups in total. The minimum Gasteiger partial charge on any atom is -0.493 e. The number of hydrogen-bond donors (Lipinski definition) is 2. The maximum absolute atomic E-state index is 14.5. The van der Waals surface area contributed by atoms with Gasteiger partial charge in [0.15, 0.2) is 17.2 Å². The Labute approximate surface area is 212 Å². The molecule has 12 heteroatoms. The Morgan fingerprint density at radius 3 is 2.41 bits per heavy atom. The van der Waals surface area contributed by atoms with Crippen molar-refractivity contribution in [1.29, 1.82) is 0 Å². The summed E-state index contributed by atoms with van der Waals surface area (Å²) < 4.78 is 93.9. The summed E-state index contributed by atoms with van der Waals surface area (Å²) in [6.45, 7) is 5.48. The van der Waals surface area contributed by atoms with Gasteiger partial charge in [-0.1, -0.05) is 19.9 Å². The Bertz CT molecular complexity index is 1240. The minimum atomic E-state index is -4.87. The molecule has 1 saturated heterocycles. The molecule has 0 radical (unpaired) electrons. The molecule has 1 heterocycles. The zero-order chi connectivity index (χ0) is 27.9. The van der Waals surface area contributed by atoms with E-state index in [1.165, 1.54) is 19.1 Å². The molecule has 1 fully saturated rings. The summed E-state index contributed by atoms with van der Waals surface area (Å²) in [7, 11) is 0.000456. The Balaban J connectivity index is 2.06. The van der Waals surface area contributed by atoms with Gasteiger partial charge in [-0.05, 0) is 37.9 Å². The van der Waals surface area contributed by atoms with Crippen LogP contribution in [0.25, 0.3) is 0 Å². The molecule has 2 aromatic carbocycles. The number of hydrogen-bond acceptors (Lipinski definition) is 5. The monoisotopic (exact) mass is 548 g/mol. The van der Waals surface area contributed by atoms with Crippen molar-refractivity contribution in [1.82, 2.24) is 0 Å². The normalized spacial score (nSPS) is 25.4. The molecule has 0 bridgehead atoms. The maximum Gasteiger partial charge on any atom is 0.417 e. The second kappa shape index (κ2) is 10.3. The molecule has 1 amide bonds. The number of anilines is 2. The molecule has 3 rings (SSSR count). The SMILES string of the molecule is CCP(C)(=O)c1ccc(NC(=O)[C@@H]2O[C@@](C)(C(F)(F)F)[C@@H](C)[C@H]2c2ccc(F)c(F)c2OC)cc1NC. The van der Waals surface area contributed by atoms with E-state index in [1.54, 1.807) is 26.7 Å². The fourth-order valence-corrected chi connectivity index (χ4v) is 6.07. The van der Waals surface area contributed by atoms with Crippen LogP contribution in [0.4, 0.5) is 33.3 Å². The summed E-state index contributed by atoms with van der Waals surface area (Å²) in [5.74, 6) is -6.82. The zero-order valence-corrected chi connectivity index (χ0v) is 22.2. The molecule has 0 aliphatic carbocycles. The third-order valence-corrected chi connectivity index (χ3v) is 9.83. The third-order valence-electron chi connectivity index (χ3n) is 7.22. The van der Waals surface area contributed by atoms with Crippen molar-refractivity contribution in [2.75, 3.05) is 37.6 Å². The predicted octanol–water partition coefficient (Wildman–Crippen LogP) is 5.73. The Morgan fingerprint density at radius 2 is 1.86 bits per heavy atom. The first-order chi connectivity index (χ1) is 17.1. The van der Waals surface area contributed by atoms with E-state index in [1.807, 2.05) is 0 Å². The van der Waals surface area contributed by atoms with Crippen molar-refractivity contribution in [2.24, 2.45) is 5.92 Å². The lowest BCUT2D eigenvalue weighted by Gasteiger charge is -2.32. The van der Waals surface area contributed by atoms with Crippen LogP contribution in [-0.2, 0) is 14.1 Å². The quantitative estimate of drug-likeness (QED) is 0.342. The second-order valence-corrected chi connectivity index (χ2v) is 12.6. The third kappa shape index (κ3) is 5.08. The number of carbonyl (C=O) groups is 1. The van der Waals surface area contributed by atoms with Gasteiger partial charge < -0.3 is 24.7 Å². The van der Waals surface area contributed by atoms with E-state index in [4.69, 9.17) is 9.47 Å². The number of alkyl halides is 3. The van der Waals surface area contributed by atoms with Crippen LogP contribution in [0.2, 0.25) is 0 Å². The predicted molar refractivity (Wildman–Crippen MR) is 132 cm³/mol. The van der Waals surface area contributed by atoms with Gasteiger partial charge in [0, 0.05) is 47.3 Å². The summed E-state index contributed by atoms with van der Waals surface area (Å²) in [5, 5.41) is 6.05. The highest BCUT2D eigenvalue weighted by Gasteiger charge is 2.65. The number of carbonyl (C=O) groups excluding carboxylic acids is 1. The Morgan fingerprint density at radius 1 is 1.22 bits per heavy atom. The van der Waals surface area contributed by atoms with E-state index in [-0.39, 0.29) is 11.3 Å². The molecule has 204 valence electrons. The molecule has 0 saturated carbocycles. The van der Waals surface area contributed by atoms with E-state index in [9.17, 15) is 31.3 Å². The molecular weight excluding hydrogens is 518 g/mol. The van der Waals surface area contributed by atoms with E-state index in [2.05, 4.69) is 10.6 Å². The number of nitrogens with one attached hydrogen (secondary N) is 2. The van der Waals surface area contributed by atoms with Crippen LogP contribution >= 0.6 is 7.14 Å². The van der Waals surface area contributed by atoms with Gasteiger partial charge in [0.05, 0.1) is 7.11 Å². The number of benzene rings is 2. The number of amides is 1. The largest absolute Gasteiger partial charge is 0.493 e. The highest BCUT2D eigenvalue weighted by molar-refractivity contribution is 7.71. The van der Waals surface area contributed by atoms with E-state index >= 15 is 0 Å². The standard InChI is InChI=1S/C25H30F5N2O4P/c1-7-37(6,34)18-11-8-14(12-17(18)31-4)32-23(33)22-19(13(2)24(3,36-22)25(28,29)30)15-9-10-16(26)20(27)21(15)35-5/h8-13,19,22,31H,7H2,1-6H3,(H,32,33)/t13-,19-,22+,24+,37?/m0/s1. The van der Waals surface area contributed by atoms with Crippen molar-refractivity contribution >= 4 is 29.7 Å². The van der Waals surface area contributed by atoms with Crippen LogP contribution in [0.5, 0.6) is 5.75 Å². The van der Waals surface area contributed by atoms with Gasteiger partial charge in [-0.2, -0.15) is 17.6 Å². The van der Waals surface area contributed by atoms with Crippen LogP contribution < -0.4 is 20.7 Å². The lowest BCUT2D eigenvalue weighted by molar-refractivity contribution is -0.272. The molecule has 1 unspecified atom stereocenters. The lowest BCUT2D eigenvalue weighted by atomic mass is 9.77. The summed E-state index contributed by atoms with van der Waals surface area (Å²) in [4.78, 5) is 13.4. The van der Waals surface area contributed by atoms with Gasteiger partial charge in [-0.25, -0.2) is 4.39 Å². The molecule has 5 atom stereocenters. The fourth-order valence-electron chi connectivity index (χ4n) is 4.65. The smallest absolute Gasteiger partial charge is 0.417 e. The van der Waals surface area contributed by atoms with Crippen LogP contribution in [0, 0.1) is 17.6 Å². The minimum absolute atomic E-state index is 0.122. The molecule has 1 aliphatic heterocycles. The van der Waals surface area contributed by atoms with Crippen LogP contribution in [0.1, 0.15) is 32.3 Å². The highest BCUT2D eigenvalue weighted by atomic mass is 31.2. The summed E-state index contributed by atoms with van der Waals surface area (Å²) in [5.41, 5.74) is -2.17. The molecular formula is C25H30F5N2O4P. The first-order valence-corrected chi connectivity index (χ1v) is 13.9. The van der Waals surface area contributed by atoms with Gasteiger partial charge in [-0.3, -0.25) is 4.79 Å². The molecule has 6 nitrogen and oxygen atoms in total. The van der Waals surface area contributed by atoms with Crippen LogP contribution in [0.3, 0.4) is 0 Å². The second-order valence-electron chi connectivity index (χ2n) is 9.33. The van der Waals surface area contributed by atoms with Crippen molar-refractivity contribution in [3.05, 3.63) is 47.5 Å². The lowest BCUT2D eigenvalue weighted by Crippen LogP contribution is -2.47. The first kappa shape index (κ1) is 28.9. The maximum atomic E-state index is 14.5. The Hall–Kier alpha value is -2.65. The van der Waals surface area contributed by atoms with Crippen LogP contribution in [0.15, 0.2) is 30.3 Å². The molecule has 0 aromatic heterocycles. The first-order valence-electron chi connectivity index (χ1n) is 11.6. The number of methoxy groups -OCH3 is 1. The van der Waals surface area contributed by atoms with Gasteiger partial charge in [0.25, 0.3) is 5.91 Å². The number of halogens is 5. The summed E-state index contributed by atoms with van der Waals surface area (Å²) in [6, 6.07) is 6.47.